The van der Waals surface area contributed by atoms with E-state index in [1.807, 2.05) is 0 Å². The van der Waals surface area contributed by atoms with E-state index < -0.39 is 17.4 Å². The van der Waals surface area contributed by atoms with Crippen LogP contribution in [0.3, 0.4) is 0 Å². The normalized spacial score (nSPS) is 11.2. The van der Waals surface area contributed by atoms with Crippen LogP contribution in [-0.4, -0.2) is 16.4 Å². The van der Waals surface area contributed by atoms with E-state index in [0.29, 0.717) is 0 Å². The van der Waals surface area contributed by atoms with Crippen molar-refractivity contribution in [3.05, 3.63) is 54.1 Å². The molecule has 1 heterocycles. The molecule has 1 amide bonds. The molecule has 0 aliphatic rings. The summed E-state index contributed by atoms with van der Waals surface area (Å²) in [6.45, 7) is 0. The van der Waals surface area contributed by atoms with E-state index in [4.69, 9.17) is 0 Å². The number of halogens is 4. The number of carbonyl (C=O) groups is 1. The molecule has 0 saturated heterocycles. The summed E-state index contributed by atoms with van der Waals surface area (Å²) in [5.41, 5.74) is -4.20. The molecule has 0 atom stereocenters. The summed E-state index contributed by atoms with van der Waals surface area (Å²) in [6.07, 6.45) is 0. The molecule has 110 valence electrons. The number of carbonyl (C=O) groups excluding carboxylic acids is 1. The summed E-state index contributed by atoms with van der Waals surface area (Å²) in [7, 11) is 0. The SMILES string of the molecule is O=C(Nc1ccc(SC(F)(F)F)cc1)c1cccc(F)n1. The molecule has 0 fully saturated rings. The van der Waals surface area contributed by atoms with Crippen LogP contribution in [0.4, 0.5) is 23.2 Å². The highest BCUT2D eigenvalue weighted by atomic mass is 32.2. The van der Waals surface area contributed by atoms with Gasteiger partial charge in [-0.1, -0.05) is 6.07 Å². The molecule has 8 heteroatoms. The minimum Gasteiger partial charge on any atom is -0.321 e. The van der Waals surface area contributed by atoms with Gasteiger partial charge in [0.25, 0.3) is 5.91 Å². The number of nitrogens with one attached hydrogen (secondary N) is 1. The van der Waals surface area contributed by atoms with Crippen molar-refractivity contribution in [3.8, 4) is 0 Å². The third-order valence-corrected chi connectivity index (χ3v) is 3.03. The van der Waals surface area contributed by atoms with E-state index in [9.17, 15) is 22.4 Å². The maximum absolute atomic E-state index is 12.9. The lowest BCUT2D eigenvalue weighted by Gasteiger charge is -2.07. The predicted octanol–water partition coefficient (Wildman–Crippen LogP) is 4.08. The van der Waals surface area contributed by atoms with E-state index in [2.05, 4.69) is 10.3 Å². The van der Waals surface area contributed by atoms with Crippen molar-refractivity contribution in [2.45, 2.75) is 10.4 Å². The standard InChI is InChI=1S/C13H8F4N2OS/c14-11-3-1-2-10(19-11)12(20)18-8-4-6-9(7-5-8)21-13(15,16)17/h1-7H,(H,18,20). The minimum atomic E-state index is -4.36. The van der Waals surface area contributed by atoms with Gasteiger partial charge >= 0.3 is 5.51 Å². The third kappa shape index (κ3) is 4.75. The number of anilines is 1. The third-order valence-electron chi connectivity index (χ3n) is 2.29. The topological polar surface area (TPSA) is 42.0 Å². The van der Waals surface area contributed by atoms with E-state index in [1.165, 1.54) is 36.4 Å². The van der Waals surface area contributed by atoms with Crippen molar-refractivity contribution in [1.29, 1.82) is 0 Å². The van der Waals surface area contributed by atoms with Crippen molar-refractivity contribution in [2.24, 2.45) is 0 Å². The number of nitrogens with zero attached hydrogens (tertiary/aromatic N) is 1. The number of amides is 1. The van der Waals surface area contributed by atoms with Crippen molar-refractivity contribution in [3.63, 3.8) is 0 Å². The second-order valence-electron chi connectivity index (χ2n) is 3.87. The van der Waals surface area contributed by atoms with E-state index >= 15 is 0 Å². The summed E-state index contributed by atoms with van der Waals surface area (Å²) in [4.78, 5) is 15.2. The van der Waals surface area contributed by atoms with Gasteiger partial charge in [0.2, 0.25) is 5.95 Å². The van der Waals surface area contributed by atoms with Gasteiger partial charge in [-0.25, -0.2) is 4.98 Å². The van der Waals surface area contributed by atoms with Gasteiger partial charge < -0.3 is 5.32 Å². The molecular formula is C13H8F4N2OS. The van der Waals surface area contributed by atoms with Gasteiger partial charge in [0.05, 0.1) is 0 Å². The summed E-state index contributed by atoms with van der Waals surface area (Å²) in [5.74, 6) is -1.44. The average Bonchev–Trinajstić information content (AvgIpc) is 2.39. The number of rotatable bonds is 3. The average molecular weight is 316 g/mol. The molecule has 0 unspecified atom stereocenters. The van der Waals surface area contributed by atoms with Crippen LogP contribution in [0.15, 0.2) is 47.4 Å². The Balaban J connectivity index is 2.05. The zero-order chi connectivity index (χ0) is 15.5. The molecule has 0 spiro atoms. The molecule has 0 bridgehead atoms. The van der Waals surface area contributed by atoms with Crippen LogP contribution in [0.1, 0.15) is 10.5 Å². The lowest BCUT2D eigenvalue weighted by Crippen LogP contribution is -2.14. The Hall–Kier alpha value is -2.09. The van der Waals surface area contributed by atoms with Gasteiger partial charge in [-0.05, 0) is 48.2 Å². The fourth-order valence-electron chi connectivity index (χ4n) is 1.47. The maximum atomic E-state index is 12.9. The Bertz CT molecular complexity index is 643. The van der Waals surface area contributed by atoms with Crippen molar-refractivity contribution >= 4 is 23.4 Å². The van der Waals surface area contributed by atoms with Crippen LogP contribution in [0.5, 0.6) is 0 Å². The molecule has 2 aromatic rings. The molecule has 0 radical (unpaired) electrons. The highest BCUT2D eigenvalue weighted by Crippen LogP contribution is 2.37. The van der Waals surface area contributed by atoms with Gasteiger partial charge in [0, 0.05) is 10.6 Å². The van der Waals surface area contributed by atoms with E-state index in [0.717, 1.165) is 6.07 Å². The second-order valence-corrected chi connectivity index (χ2v) is 5.01. The Morgan fingerprint density at radius 2 is 1.76 bits per heavy atom. The Morgan fingerprint density at radius 3 is 2.33 bits per heavy atom. The van der Waals surface area contributed by atoms with Crippen LogP contribution in [0.25, 0.3) is 0 Å². The van der Waals surface area contributed by atoms with Crippen molar-refractivity contribution < 1.29 is 22.4 Å². The number of pyridine rings is 1. The summed E-state index contributed by atoms with van der Waals surface area (Å²) in [6, 6.07) is 8.86. The molecule has 0 aliphatic carbocycles. The fraction of sp³-hybridized carbons (Fsp3) is 0.0769. The number of hydrogen-bond acceptors (Lipinski definition) is 3. The molecular weight excluding hydrogens is 308 g/mol. The Kier molecular flexibility index (Phi) is 4.46. The maximum Gasteiger partial charge on any atom is 0.446 e. The molecule has 1 aromatic carbocycles. The van der Waals surface area contributed by atoms with Crippen LogP contribution >= 0.6 is 11.8 Å². The zero-order valence-electron chi connectivity index (χ0n) is 10.3. The molecule has 3 nitrogen and oxygen atoms in total. The first-order valence-corrected chi connectivity index (χ1v) is 6.45. The Morgan fingerprint density at radius 1 is 1.10 bits per heavy atom. The van der Waals surface area contributed by atoms with Gasteiger partial charge in [-0.2, -0.15) is 17.6 Å². The monoisotopic (exact) mass is 316 g/mol. The number of thioether (sulfide) groups is 1. The van der Waals surface area contributed by atoms with Crippen LogP contribution < -0.4 is 5.32 Å². The number of benzene rings is 1. The molecule has 2 rings (SSSR count). The lowest BCUT2D eigenvalue weighted by molar-refractivity contribution is -0.0328. The fourth-order valence-corrected chi connectivity index (χ4v) is 2.01. The molecule has 0 aliphatic heterocycles. The smallest absolute Gasteiger partial charge is 0.321 e. The molecule has 1 aromatic heterocycles. The number of aromatic nitrogens is 1. The first-order valence-electron chi connectivity index (χ1n) is 5.63. The molecule has 1 N–H and O–H groups in total. The predicted molar refractivity (Wildman–Crippen MR) is 70.5 cm³/mol. The number of alkyl halides is 3. The summed E-state index contributed by atoms with van der Waals surface area (Å²) < 4.78 is 49.4. The van der Waals surface area contributed by atoms with Crippen LogP contribution in [0.2, 0.25) is 0 Å². The van der Waals surface area contributed by atoms with Gasteiger partial charge in [-0.3, -0.25) is 4.79 Å². The summed E-state index contributed by atoms with van der Waals surface area (Å²) in [5, 5.41) is 2.42. The first kappa shape index (κ1) is 15.3. The van der Waals surface area contributed by atoms with Crippen molar-refractivity contribution in [2.75, 3.05) is 5.32 Å². The summed E-state index contributed by atoms with van der Waals surface area (Å²) >= 11 is -0.248. The lowest BCUT2D eigenvalue weighted by atomic mass is 10.3. The van der Waals surface area contributed by atoms with Gasteiger partial charge in [0.15, 0.2) is 0 Å². The minimum absolute atomic E-state index is 0.00406. The van der Waals surface area contributed by atoms with Crippen LogP contribution in [0, 0.1) is 5.95 Å². The Labute approximate surface area is 121 Å². The van der Waals surface area contributed by atoms with Gasteiger partial charge in [0.1, 0.15) is 5.69 Å². The van der Waals surface area contributed by atoms with Crippen molar-refractivity contribution in [1.82, 2.24) is 4.98 Å². The first-order chi connectivity index (χ1) is 9.83. The van der Waals surface area contributed by atoms with E-state index in [-0.39, 0.29) is 28.0 Å². The molecule has 21 heavy (non-hydrogen) atoms. The van der Waals surface area contributed by atoms with E-state index in [1.54, 1.807) is 0 Å². The quantitative estimate of drug-likeness (QED) is 0.527. The zero-order valence-corrected chi connectivity index (χ0v) is 11.1. The number of hydrogen-bond donors (Lipinski definition) is 1. The second kappa shape index (κ2) is 6.13. The largest absolute Gasteiger partial charge is 0.446 e. The molecule has 0 saturated carbocycles. The highest BCUT2D eigenvalue weighted by Gasteiger charge is 2.29. The van der Waals surface area contributed by atoms with Crippen LogP contribution in [-0.2, 0) is 0 Å². The van der Waals surface area contributed by atoms with Gasteiger partial charge in [-0.15, -0.1) is 0 Å². The highest BCUT2D eigenvalue weighted by molar-refractivity contribution is 8.00.